The Morgan fingerprint density at radius 3 is 2.31 bits per heavy atom. The Balaban J connectivity index is 1.27. The van der Waals surface area contributed by atoms with E-state index in [1.54, 1.807) is 0 Å². The minimum Gasteiger partial charge on any atom is -0.423 e. The van der Waals surface area contributed by atoms with Crippen molar-refractivity contribution in [2.24, 2.45) is 5.92 Å². The Morgan fingerprint density at radius 1 is 0.938 bits per heavy atom. The fourth-order valence-electron chi connectivity index (χ4n) is 4.35. The van der Waals surface area contributed by atoms with Crippen molar-refractivity contribution in [3.05, 3.63) is 95.6 Å². The summed E-state index contributed by atoms with van der Waals surface area (Å²) in [5.41, 5.74) is 5.06. The summed E-state index contributed by atoms with van der Waals surface area (Å²) in [5.74, 6) is 0.0870. The number of rotatable bonds is 5. The largest absolute Gasteiger partial charge is 0.423 e. The topological polar surface area (TPSA) is 58.4 Å². The van der Waals surface area contributed by atoms with E-state index in [1.807, 2.05) is 42.5 Å². The summed E-state index contributed by atoms with van der Waals surface area (Å²) >= 11 is 0. The standard InChI is InChI=1S/C27H27N3O2/c1-19-11-13-21(14-12-19)25(20-7-3-2-4-8-20)29-26(31)22-15-17-30(18-16-22)27-28-23-9-5-6-10-24(23)32-27/h2-14,22,25H,15-18H2,1H3,(H,29,31). The van der Waals surface area contributed by atoms with E-state index >= 15 is 0 Å². The van der Waals surface area contributed by atoms with Gasteiger partial charge in [-0.3, -0.25) is 4.79 Å². The van der Waals surface area contributed by atoms with Crippen molar-refractivity contribution in [2.45, 2.75) is 25.8 Å². The summed E-state index contributed by atoms with van der Waals surface area (Å²) in [4.78, 5) is 20.0. The van der Waals surface area contributed by atoms with Crippen LogP contribution in [-0.4, -0.2) is 24.0 Å². The number of nitrogens with one attached hydrogen (secondary N) is 1. The number of oxazole rings is 1. The maximum atomic E-state index is 13.2. The maximum Gasteiger partial charge on any atom is 0.298 e. The van der Waals surface area contributed by atoms with E-state index in [2.05, 4.69) is 58.5 Å². The molecule has 32 heavy (non-hydrogen) atoms. The zero-order chi connectivity index (χ0) is 21.9. The van der Waals surface area contributed by atoms with Gasteiger partial charge in [-0.1, -0.05) is 72.3 Å². The number of para-hydroxylation sites is 2. The van der Waals surface area contributed by atoms with Gasteiger partial charge in [-0.2, -0.15) is 4.98 Å². The van der Waals surface area contributed by atoms with Gasteiger partial charge in [-0.15, -0.1) is 0 Å². The molecule has 5 heteroatoms. The van der Waals surface area contributed by atoms with Gasteiger partial charge in [0.2, 0.25) is 5.91 Å². The van der Waals surface area contributed by atoms with Crippen LogP contribution in [0.1, 0.15) is 35.6 Å². The molecule has 1 amide bonds. The molecule has 1 unspecified atom stereocenters. The molecule has 0 aliphatic carbocycles. The first-order valence-electron chi connectivity index (χ1n) is 11.2. The number of fused-ring (bicyclic) bond motifs is 1. The van der Waals surface area contributed by atoms with Crippen molar-refractivity contribution in [3.8, 4) is 0 Å². The zero-order valence-electron chi connectivity index (χ0n) is 18.2. The zero-order valence-corrected chi connectivity index (χ0v) is 18.2. The third-order valence-electron chi connectivity index (χ3n) is 6.25. The molecule has 0 bridgehead atoms. The molecule has 1 atom stereocenters. The fourth-order valence-corrected chi connectivity index (χ4v) is 4.35. The van der Waals surface area contributed by atoms with Crippen LogP contribution >= 0.6 is 0 Å². The second-order valence-electron chi connectivity index (χ2n) is 8.49. The second-order valence-corrected chi connectivity index (χ2v) is 8.49. The highest BCUT2D eigenvalue weighted by atomic mass is 16.4. The summed E-state index contributed by atoms with van der Waals surface area (Å²) < 4.78 is 5.91. The van der Waals surface area contributed by atoms with Crippen LogP contribution in [0.25, 0.3) is 11.1 Å². The number of carbonyl (C=O) groups is 1. The van der Waals surface area contributed by atoms with Crippen molar-refractivity contribution in [3.63, 3.8) is 0 Å². The van der Waals surface area contributed by atoms with Crippen LogP contribution in [-0.2, 0) is 4.79 Å². The number of anilines is 1. The van der Waals surface area contributed by atoms with E-state index in [0.717, 1.165) is 48.2 Å². The van der Waals surface area contributed by atoms with Crippen LogP contribution in [0.2, 0.25) is 0 Å². The van der Waals surface area contributed by atoms with E-state index in [4.69, 9.17) is 4.42 Å². The lowest BCUT2D eigenvalue weighted by atomic mass is 9.93. The first-order valence-corrected chi connectivity index (χ1v) is 11.2. The quantitative estimate of drug-likeness (QED) is 0.474. The molecule has 0 spiro atoms. The van der Waals surface area contributed by atoms with Crippen LogP contribution in [0.15, 0.2) is 83.3 Å². The highest BCUT2D eigenvalue weighted by Crippen LogP contribution is 2.28. The molecule has 1 aliphatic heterocycles. The Kier molecular flexibility index (Phi) is 5.63. The third kappa shape index (κ3) is 4.24. The molecule has 162 valence electrons. The summed E-state index contributed by atoms with van der Waals surface area (Å²) in [6.45, 7) is 3.58. The summed E-state index contributed by atoms with van der Waals surface area (Å²) in [7, 11) is 0. The molecule has 1 fully saturated rings. The summed E-state index contributed by atoms with van der Waals surface area (Å²) in [6, 6.07) is 26.8. The van der Waals surface area contributed by atoms with Gasteiger partial charge >= 0.3 is 0 Å². The third-order valence-corrected chi connectivity index (χ3v) is 6.25. The number of piperidine rings is 1. The van der Waals surface area contributed by atoms with E-state index in [1.165, 1.54) is 5.56 Å². The van der Waals surface area contributed by atoms with E-state index in [9.17, 15) is 4.79 Å². The van der Waals surface area contributed by atoms with Gasteiger partial charge in [0.15, 0.2) is 5.58 Å². The second kappa shape index (κ2) is 8.87. The molecule has 0 saturated carbocycles. The Bertz CT molecular complexity index is 1160. The highest BCUT2D eigenvalue weighted by Gasteiger charge is 2.29. The van der Waals surface area contributed by atoms with Gasteiger partial charge in [-0.05, 0) is 43.0 Å². The Labute approximate surface area is 188 Å². The number of hydrogen-bond donors (Lipinski definition) is 1. The molecule has 2 heterocycles. The minimum atomic E-state index is -0.153. The lowest BCUT2D eigenvalue weighted by molar-refractivity contribution is -0.126. The van der Waals surface area contributed by atoms with Gasteiger partial charge in [0.25, 0.3) is 6.01 Å². The first kappa shape index (κ1) is 20.3. The lowest BCUT2D eigenvalue weighted by Gasteiger charge is -2.31. The molecule has 1 N–H and O–H groups in total. The van der Waals surface area contributed by atoms with Crippen molar-refractivity contribution < 1.29 is 9.21 Å². The smallest absolute Gasteiger partial charge is 0.298 e. The monoisotopic (exact) mass is 425 g/mol. The Morgan fingerprint density at radius 2 is 1.59 bits per heavy atom. The van der Waals surface area contributed by atoms with Gasteiger partial charge in [-0.25, -0.2) is 0 Å². The van der Waals surface area contributed by atoms with Crippen LogP contribution in [0, 0.1) is 12.8 Å². The molecule has 5 nitrogen and oxygen atoms in total. The predicted molar refractivity (Wildman–Crippen MR) is 127 cm³/mol. The molecule has 4 aromatic rings. The number of aryl methyl sites for hydroxylation is 1. The van der Waals surface area contributed by atoms with Crippen LogP contribution < -0.4 is 10.2 Å². The van der Waals surface area contributed by atoms with Gasteiger partial charge in [0.05, 0.1) is 6.04 Å². The van der Waals surface area contributed by atoms with E-state index in [0.29, 0.717) is 6.01 Å². The summed E-state index contributed by atoms with van der Waals surface area (Å²) in [5, 5.41) is 3.32. The normalized spacial score (nSPS) is 15.6. The Hall–Kier alpha value is -3.60. The van der Waals surface area contributed by atoms with Crippen molar-refractivity contribution in [1.82, 2.24) is 10.3 Å². The van der Waals surface area contributed by atoms with Crippen LogP contribution in [0.5, 0.6) is 0 Å². The molecule has 0 radical (unpaired) electrons. The molecular formula is C27H27N3O2. The number of nitrogens with zero attached hydrogens (tertiary/aromatic N) is 2. The molecule has 5 rings (SSSR count). The van der Waals surface area contributed by atoms with Crippen molar-refractivity contribution in [1.29, 1.82) is 0 Å². The number of hydrogen-bond acceptors (Lipinski definition) is 4. The first-order chi connectivity index (χ1) is 15.7. The SMILES string of the molecule is Cc1ccc(C(NC(=O)C2CCN(c3nc4ccccc4o3)CC2)c2ccccc2)cc1. The lowest BCUT2D eigenvalue weighted by Crippen LogP contribution is -2.42. The number of benzene rings is 3. The van der Waals surface area contributed by atoms with Crippen molar-refractivity contribution in [2.75, 3.05) is 18.0 Å². The van der Waals surface area contributed by atoms with Gasteiger partial charge < -0.3 is 14.6 Å². The maximum absolute atomic E-state index is 13.2. The highest BCUT2D eigenvalue weighted by molar-refractivity contribution is 5.80. The summed E-state index contributed by atoms with van der Waals surface area (Å²) in [6.07, 6.45) is 1.56. The average Bonchev–Trinajstić information content (AvgIpc) is 3.28. The fraction of sp³-hybridized carbons (Fsp3) is 0.259. The molecular weight excluding hydrogens is 398 g/mol. The molecule has 1 aromatic heterocycles. The number of amides is 1. The van der Waals surface area contributed by atoms with Gasteiger partial charge in [0.1, 0.15) is 5.52 Å². The number of carbonyl (C=O) groups excluding carboxylic acids is 1. The number of aromatic nitrogens is 1. The van der Waals surface area contributed by atoms with Gasteiger partial charge in [0, 0.05) is 19.0 Å². The van der Waals surface area contributed by atoms with E-state index in [-0.39, 0.29) is 17.9 Å². The van der Waals surface area contributed by atoms with Crippen LogP contribution in [0.4, 0.5) is 6.01 Å². The van der Waals surface area contributed by atoms with E-state index < -0.39 is 0 Å². The average molecular weight is 426 g/mol. The predicted octanol–water partition coefficient (Wildman–Crippen LogP) is 5.26. The van der Waals surface area contributed by atoms with Crippen molar-refractivity contribution >= 4 is 23.0 Å². The molecule has 1 aliphatic rings. The molecule has 3 aromatic carbocycles. The minimum absolute atomic E-state index is 0.0210. The van der Waals surface area contributed by atoms with Crippen LogP contribution in [0.3, 0.4) is 0 Å². The molecule has 1 saturated heterocycles.